The van der Waals surface area contributed by atoms with Crippen LogP contribution in [-0.4, -0.2) is 111 Å². The largest absolute Gasteiger partial charge is 0.496 e. The predicted molar refractivity (Wildman–Crippen MR) is 303 cm³/mol. The van der Waals surface area contributed by atoms with Crippen molar-refractivity contribution in [3.63, 3.8) is 0 Å². The number of nitrogens with zero attached hydrogens (tertiary/aromatic N) is 3. The van der Waals surface area contributed by atoms with E-state index < -0.39 is 54.5 Å². The first-order valence-corrected chi connectivity index (χ1v) is 30.3. The summed E-state index contributed by atoms with van der Waals surface area (Å²) in [5, 5.41) is 23.2. The van der Waals surface area contributed by atoms with Gasteiger partial charge >= 0.3 is 31.7 Å². The van der Waals surface area contributed by atoms with Gasteiger partial charge in [0.05, 0.1) is 75.1 Å². The fraction of sp³-hybridized carbons (Fsp3) is 0.724. The first kappa shape index (κ1) is 70.9. The topological polar surface area (TPSA) is 266 Å². The van der Waals surface area contributed by atoms with Crippen molar-refractivity contribution in [1.29, 1.82) is 0 Å². The second-order valence-corrected chi connectivity index (χ2v) is 23.2. The fourth-order valence-electron chi connectivity index (χ4n) is 8.97. The summed E-state index contributed by atoms with van der Waals surface area (Å²) < 4.78 is 55.9. The number of nitro benzene ring substituents is 2. The Morgan fingerprint density at radius 1 is 0.525 bits per heavy atom. The molecule has 2 aromatic carbocycles. The highest BCUT2D eigenvalue weighted by Gasteiger charge is 2.28. The van der Waals surface area contributed by atoms with Crippen molar-refractivity contribution in [2.45, 2.75) is 213 Å². The van der Waals surface area contributed by atoms with Gasteiger partial charge in [-0.05, 0) is 76.6 Å². The van der Waals surface area contributed by atoms with Crippen molar-refractivity contribution >= 4 is 43.1 Å². The number of carbonyl (C=O) groups excluding carboxylic acids is 4. The number of ether oxygens (including phenoxy) is 6. The summed E-state index contributed by atoms with van der Waals surface area (Å²) in [5.41, 5.74) is 1.81. The Morgan fingerprint density at radius 2 is 0.850 bits per heavy atom. The van der Waals surface area contributed by atoms with Crippen molar-refractivity contribution < 1.29 is 80.4 Å². The third-order valence-corrected chi connectivity index (χ3v) is 14.7. The van der Waals surface area contributed by atoms with Crippen molar-refractivity contribution in [3.05, 3.63) is 66.7 Å². The Kier molecular flexibility index (Phi) is 34.8. The molecule has 3 unspecified atom stereocenters. The summed E-state index contributed by atoms with van der Waals surface area (Å²) in [4.78, 5) is 83.0. The number of aryl methyl sites for hydroxylation is 2. The van der Waals surface area contributed by atoms with Crippen molar-refractivity contribution in [3.8, 4) is 11.5 Å². The molecule has 1 N–H and O–H groups in total. The number of likely N-dealkylation sites (N-methyl/N-ethyl adjacent to an activating group) is 1. The minimum absolute atomic E-state index is 0.0304. The number of hydrogen-bond acceptors (Lipinski definition) is 17. The number of quaternary nitrogens is 1. The van der Waals surface area contributed by atoms with Crippen LogP contribution in [0.4, 0.5) is 11.4 Å². The molecule has 0 aliphatic rings. The minimum atomic E-state index is -4.47. The van der Waals surface area contributed by atoms with Crippen LogP contribution >= 0.6 is 7.82 Å². The molecule has 0 saturated carbocycles. The molecule has 0 aliphatic heterocycles. The number of rotatable bonds is 46. The molecule has 80 heavy (non-hydrogen) atoms. The molecule has 0 amide bonds. The van der Waals surface area contributed by atoms with Crippen molar-refractivity contribution in [1.82, 2.24) is 0 Å². The molecule has 0 bridgehead atoms. The molecule has 0 heterocycles. The maximum atomic E-state index is 12.9. The van der Waals surface area contributed by atoms with Gasteiger partial charge in [0, 0.05) is 25.7 Å². The van der Waals surface area contributed by atoms with Crippen LogP contribution in [0.1, 0.15) is 215 Å². The lowest BCUT2D eigenvalue weighted by atomic mass is 10.0. The number of unbranched alkanes of at least 4 members (excludes halogenated alkanes) is 20. The van der Waals surface area contributed by atoms with Gasteiger partial charge in [-0.15, -0.1) is 0 Å². The summed E-state index contributed by atoms with van der Waals surface area (Å²) in [5.74, 6) is -0.948. The number of methoxy groups -OCH3 is 2. The van der Waals surface area contributed by atoms with E-state index in [0.717, 1.165) is 121 Å². The van der Waals surface area contributed by atoms with E-state index in [1.54, 1.807) is 39.8 Å². The van der Waals surface area contributed by atoms with Gasteiger partial charge < -0.3 is 37.8 Å². The van der Waals surface area contributed by atoms with Crippen molar-refractivity contribution in [2.24, 2.45) is 0 Å². The molecule has 0 aromatic heterocycles. The first-order valence-electron chi connectivity index (χ1n) is 28.8. The number of benzene rings is 2. The van der Waals surface area contributed by atoms with E-state index in [4.69, 9.17) is 37.5 Å². The molecular formula is C58H95N3O18P+. The monoisotopic (exact) mass is 1150 g/mol. The zero-order valence-corrected chi connectivity index (χ0v) is 50.3. The van der Waals surface area contributed by atoms with E-state index in [2.05, 4.69) is 0 Å². The van der Waals surface area contributed by atoms with Crippen LogP contribution in [-0.2, 0) is 51.7 Å². The van der Waals surface area contributed by atoms with Crippen LogP contribution in [0.2, 0.25) is 0 Å². The quantitative estimate of drug-likeness (QED) is 0.0123. The summed E-state index contributed by atoms with van der Waals surface area (Å²) in [6.45, 7) is 6.44. The van der Waals surface area contributed by atoms with E-state index in [0.29, 0.717) is 64.9 Å². The van der Waals surface area contributed by atoms with E-state index in [1.165, 1.54) is 26.4 Å². The Bertz CT molecular complexity index is 2250. The molecule has 454 valence electrons. The van der Waals surface area contributed by atoms with Gasteiger partial charge in [0.1, 0.15) is 43.5 Å². The summed E-state index contributed by atoms with van der Waals surface area (Å²) >= 11 is 0. The van der Waals surface area contributed by atoms with Gasteiger partial charge in [0.25, 0.3) is 11.4 Å². The summed E-state index contributed by atoms with van der Waals surface area (Å²) in [6.07, 6.45) is 18.8. The Morgan fingerprint density at radius 3 is 1.18 bits per heavy atom. The SMILES string of the molecule is COc1cc([N+](=O)[O-])c(C(C)OC(=O)CCCCCCCCCCCCCC(=O)OC[C@H](COP(=O)(O)OCC[N+](C)(C)C)OC(=O)CCCCCCCCCCCCCC(=O)OC(C)c2cc(C)c(OC)cc2[N+](=O)[O-])cc1C. The number of phosphoric ester groups is 1. The van der Waals surface area contributed by atoms with E-state index in [9.17, 15) is 48.9 Å². The van der Waals surface area contributed by atoms with E-state index in [1.807, 2.05) is 21.1 Å². The molecule has 0 saturated heterocycles. The fourth-order valence-corrected chi connectivity index (χ4v) is 9.71. The lowest BCUT2D eigenvalue weighted by Gasteiger charge is -2.24. The van der Waals surface area contributed by atoms with Crippen LogP contribution in [0.25, 0.3) is 0 Å². The van der Waals surface area contributed by atoms with Gasteiger partial charge in [-0.1, -0.05) is 116 Å². The highest BCUT2D eigenvalue weighted by molar-refractivity contribution is 7.47. The molecular weight excluding hydrogens is 1060 g/mol. The Hall–Kier alpha value is -5.21. The average molecular weight is 1150 g/mol. The van der Waals surface area contributed by atoms with Gasteiger partial charge in [0.2, 0.25) is 0 Å². The smallest absolute Gasteiger partial charge is 0.472 e. The van der Waals surface area contributed by atoms with E-state index >= 15 is 0 Å². The molecule has 0 aliphatic carbocycles. The summed E-state index contributed by atoms with van der Waals surface area (Å²) in [7, 11) is 4.16. The van der Waals surface area contributed by atoms with Gasteiger partial charge in [-0.3, -0.25) is 48.5 Å². The number of carbonyl (C=O) groups is 4. The molecule has 2 aromatic rings. The highest BCUT2D eigenvalue weighted by atomic mass is 31.2. The second-order valence-electron chi connectivity index (χ2n) is 21.7. The Labute approximate surface area is 474 Å². The number of esters is 4. The number of hydrogen-bond donors (Lipinski definition) is 1. The van der Waals surface area contributed by atoms with Gasteiger partial charge in [0.15, 0.2) is 6.10 Å². The van der Waals surface area contributed by atoms with Gasteiger partial charge in [-0.25, -0.2) is 4.57 Å². The molecule has 2 rings (SSSR count). The van der Waals surface area contributed by atoms with E-state index in [-0.39, 0.29) is 62.2 Å². The molecule has 0 radical (unpaired) electrons. The lowest BCUT2D eigenvalue weighted by molar-refractivity contribution is -0.870. The second kappa shape index (κ2) is 39.3. The zero-order valence-electron chi connectivity index (χ0n) is 49.4. The molecule has 4 atom stereocenters. The average Bonchev–Trinajstić information content (AvgIpc) is 3.39. The standard InChI is InChI=1S/C58H94N3O18P/c1-44-38-49(51(59(66)67)40-53(44)72-8)46(3)77-56(63)33-29-25-21-17-13-10-12-16-20-24-28-32-55(62)74-42-48(43-76-80(70,71)75-37-36-61(5,6)7)79-58(65)35-31-27-23-19-15-11-14-18-22-26-30-34-57(64)78-47(4)50-39-45(2)54(73-9)41-52(50)60(68)69/h38-41,46-48H,10-37,42-43H2,1-9H3/p+1/t46?,47?,48-/m1/s1. The summed E-state index contributed by atoms with van der Waals surface area (Å²) in [6, 6.07) is 5.96. The predicted octanol–water partition coefficient (Wildman–Crippen LogP) is 13.5. The molecule has 0 fully saturated rings. The minimum Gasteiger partial charge on any atom is -0.496 e. The maximum absolute atomic E-state index is 12.9. The van der Waals surface area contributed by atoms with Crippen LogP contribution in [0.15, 0.2) is 24.3 Å². The number of phosphoric acid groups is 1. The highest BCUT2D eigenvalue weighted by Crippen LogP contribution is 2.43. The van der Waals surface area contributed by atoms with Crippen LogP contribution in [0.5, 0.6) is 11.5 Å². The van der Waals surface area contributed by atoms with Crippen molar-refractivity contribution in [2.75, 3.05) is 61.7 Å². The Balaban J connectivity index is 1.59. The van der Waals surface area contributed by atoms with Crippen LogP contribution < -0.4 is 9.47 Å². The normalized spacial score (nSPS) is 13.4. The molecule has 0 spiro atoms. The third kappa shape index (κ3) is 31.1. The lowest BCUT2D eigenvalue weighted by Crippen LogP contribution is -2.37. The molecule has 21 nitrogen and oxygen atoms in total. The van der Waals surface area contributed by atoms with Gasteiger partial charge in [-0.2, -0.15) is 0 Å². The number of nitro groups is 2. The van der Waals surface area contributed by atoms with Crippen LogP contribution in [0.3, 0.4) is 0 Å². The van der Waals surface area contributed by atoms with Crippen LogP contribution in [0, 0.1) is 34.1 Å². The zero-order chi connectivity index (χ0) is 59.5. The maximum Gasteiger partial charge on any atom is 0.472 e. The first-order chi connectivity index (χ1) is 38.0. The third-order valence-electron chi connectivity index (χ3n) is 13.7. The molecule has 22 heteroatoms.